The second-order valence-corrected chi connectivity index (χ2v) is 4.56. The van der Waals surface area contributed by atoms with E-state index in [1.165, 1.54) is 0 Å². The molecule has 0 spiro atoms. The largest absolute Gasteiger partial charge is 0.508 e. The van der Waals surface area contributed by atoms with Crippen molar-refractivity contribution in [3.63, 3.8) is 0 Å². The lowest BCUT2D eigenvalue weighted by Gasteiger charge is -2.29. The van der Waals surface area contributed by atoms with Gasteiger partial charge in [-0.1, -0.05) is 31.4 Å². The first-order valence-electron chi connectivity index (χ1n) is 5.65. The smallest absolute Gasteiger partial charge is 0.115 e. The number of aromatic hydroxyl groups is 1. The fourth-order valence-electron chi connectivity index (χ4n) is 2.39. The minimum absolute atomic E-state index is 0.229. The molecule has 0 unspecified atom stereocenters. The van der Waals surface area contributed by atoms with Gasteiger partial charge in [0.1, 0.15) is 11.4 Å². The van der Waals surface area contributed by atoms with Gasteiger partial charge in [0.15, 0.2) is 0 Å². The number of halogens is 1. The molecule has 1 nitrogen and oxygen atoms in total. The second-order valence-electron chi connectivity index (χ2n) is 4.56. The highest BCUT2D eigenvalue weighted by Gasteiger charge is 2.31. The number of alkyl halides is 1. The van der Waals surface area contributed by atoms with Crippen molar-refractivity contribution < 1.29 is 9.50 Å². The lowest BCUT2D eigenvalue weighted by molar-refractivity contribution is 0.107. The molecule has 2 heteroatoms. The maximum atomic E-state index is 14.3. The van der Waals surface area contributed by atoms with Gasteiger partial charge in [-0.25, -0.2) is 4.39 Å². The van der Waals surface area contributed by atoms with Crippen LogP contribution in [0.2, 0.25) is 0 Å². The van der Waals surface area contributed by atoms with E-state index in [1.807, 2.05) is 6.07 Å². The van der Waals surface area contributed by atoms with Crippen LogP contribution in [0.25, 0.3) is 0 Å². The fourth-order valence-corrected chi connectivity index (χ4v) is 2.39. The molecule has 0 aromatic heterocycles. The van der Waals surface area contributed by atoms with Gasteiger partial charge in [-0.15, -0.1) is 0 Å². The number of phenols is 1. The summed E-state index contributed by atoms with van der Waals surface area (Å²) < 4.78 is 14.3. The zero-order chi connectivity index (χ0) is 10.7. The van der Waals surface area contributed by atoms with Crippen LogP contribution in [-0.2, 0) is 6.42 Å². The summed E-state index contributed by atoms with van der Waals surface area (Å²) in [4.78, 5) is 0. The van der Waals surface area contributed by atoms with Gasteiger partial charge in [-0.3, -0.25) is 0 Å². The molecule has 0 radical (unpaired) electrons. The Kier molecular flexibility index (Phi) is 2.94. The third kappa shape index (κ3) is 2.71. The molecule has 0 heterocycles. The van der Waals surface area contributed by atoms with Crippen molar-refractivity contribution in [2.24, 2.45) is 0 Å². The minimum atomic E-state index is -1.04. The fraction of sp³-hybridized carbons (Fsp3) is 0.538. The summed E-state index contributed by atoms with van der Waals surface area (Å²) in [7, 11) is 0. The van der Waals surface area contributed by atoms with Crippen LogP contribution in [0.4, 0.5) is 4.39 Å². The normalized spacial score (nSPS) is 20.1. The van der Waals surface area contributed by atoms with Crippen molar-refractivity contribution in [3.8, 4) is 5.75 Å². The average molecular weight is 208 g/mol. The van der Waals surface area contributed by atoms with Gasteiger partial charge in [0.2, 0.25) is 0 Å². The molecular formula is C13H17FO. The Morgan fingerprint density at radius 2 is 1.93 bits per heavy atom. The Hall–Kier alpha value is -1.05. The van der Waals surface area contributed by atoms with E-state index in [1.54, 1.807) is 18.2 Å². The summed E-state index contributed by atoms with van der Waals surface area (Å²) in [5.41, 5.74) is -0.133. The Morgan fingerprint density at radius 1 is 1.20 bits per heavy atom. The molecule has 1 fully saturated rings. The van der Waals surface area contributed by atoms with Crippen LogP contribution in [0, 0.1) is 0 Å². The van der Waals surface area contributed by atoms with E-state index in [2.05, 4.69) is 0 Å². The summed E-state index contributed by atoms with van der Waals surface area (Å²) >= 11 is 0. The van der Waals surface area contributed by atoms with E-state index in [0.29, 0.717) is 19.3 Å². The summed E-state index contributed by atoms with van der Waals surface area (Å²) in [5.74, 6) is 0.229. The van der Waals surface area contributed by atoms with Gasteiger partial charge >= 0.3 is 0 Å². The van der Waals surface area contributed by atoms with E-state index in [-0.39, 0.29) is 5.75 Å². The number of phenolic OH excluding ortho intramolecular Hbond substituents is 1. The van der Waals surface area contributed by atoms with Crippen molar-refractivity contribution in [2.45, 2.75) is 44.2 Å². The molecule has 0 amide bonds. The third-order valence-corrected chi connectivity index (χ3v) is 3.18. The maximum Gasteiger partial charge on any atom is 0.115 e. The van der Waals surface area contributed by atoms with Crippen LogP contribution < -0.4 is 0 Å². The third-order valence-electron chi connectivity index (χ3n) is 3.18. The summed E-state index contributed by atoms with van der Waals surface area (Å²) in [6.45, 7) is 0. The molecular weight excluding hydrogens is 191 g/mol. The van der Waals surface area contributed by atoms with Gasteiger partial charge in [-0.2, -0.15) is 0 Å². The highest BCUT2D eigenvalue weighted by atomic mass is 19.1. The minimum Gasteiger partial charge on any atom is -0.508 e. The highest BCUT2D eigenvalue weighted by Crippen LogP contribution is 2.35. The van der Waals surface area contributed by atoms with Crippen LogP contribution in [-0.4, -0.2) is 10.8 Å². The highest BCUT2D eigenvalue weighted by molar-refractivity contribution is 5.28. The van der Waals surface area contributed by atoms with Gasteiger partial charge in [0, 0.05) is 6.42 Å². The van der Waals surface area contributed by atoms with Gasteiger partial charge in [-0.05, 0) is 30.5 Å². The predicted octanol–water partition coefficient (Wildman–Crippen LogP) is 3.61. The number of hydrogen-bond donors (Lipinski definition) is 1. The summed E-state index contributed by atoms with van der Waals surface area (Å²) in [6, 6.07) is 6.94. The molecule has 1 aliphatic rings. The van der Waals surface area contributed by atoms with Crippen LogP contribution >= 0.6 is 0 Å². The van der Waals surface area contributed by atoms with E-state index in [0.717, 1.165) is 24.8 Å². The summed E-state index contributed by atoms with van der Waals surface area (Å²) in [6.07, 6.45) is 4.93. The van der Waals surface area contributed by atoms with Gasteiger partial charge in [0.25, 0.3) is 0 Å². The van der Waals surface area contributed by atoms with Crippen LogP contribution in [0.1, 0.15) is 37.7 Å². The first kappa shape index (κ1) is 10.5. The molecule has 0 bridgehead atoms. The molecule has 0 aliphatic heterocycles. The molecule has 82 valence electrons. The molecule has 1 saturated carbocycles. The predicted molar refractivity (Wildman–Crippen MR) is 58.7 cm³/mol. The molecule has 1 aliphatic carbocycles. The SMILES string of the molecule is Oc1cccc(CC2(F)CCCCC2)c1. The van der Waals surface area contributed by atoms with Crippen molar-refractivity contribution in [3.05, 3.63) is 29.8 Å². The average Bonchev–Trinajstić information content (AvgIpc) is 2.18. The number of benzene rings is 1. The van der Waals surface area contributed by atoms with E-state index < -0.39 is 5.67 Å². The zero-order valence-electron chi connectivity index (χ0n) is 8.88. The van der Waals surface area contributed by atoms with E-state index in [4.69, 9.17) is 0 Å². The Morgan fingerprint density at radius 3 is 2.60 bits per heavy atom. The first-order chi connectivity index (χ1) is 7.18. The topological polar surface area (TPSA) is 20.2 Å². The zero-order valence-corrected chi connectivity index (χ0v) is 8.88. The molecule has 1 aromatic rings. The Bertz CT molecular complexity index is 329. The maximum absolute atomic E-state index is 14.3. The lowest BCUT2D eigenvalue weighted by atomic mass is 9.82. The standard InChI is InChI=1S/C13H17FO/c14-13(7-2-1-3-8-13)10-11-5-4-6-12(15)9-11/h4-6,9,15H,1-3,7-8,10H2. The quantitative estimate of drug-likeness (QED) is 0.787. The number of rotatable bonds is 2. The van der Waals surface area contributed by atoms with Crippen LogP contribution in [0.5, 0.6) is 5.75 Å². The monoisotopic (exact) mass is 208 g/mol. The van der Waals surface area contributed by atoms with Crippen LogP contribution in [0.3, 0.4) is 0 Å². The first-order valence-corrected chi connectivity index (χ1v) is 5.65. The lowest BCUT2D eigenvalue weighted by Crippen LogP contribution is -2.28. The van der Waals surface area contributed by atoms with Crippen molar-refractivity contribution in [2.75, 3.05) is 0 Å². The van der Waals surface area contributed by atoms with Gasteiger partial charge in [0.05, 0.1) is 0 Å². The van der Waals surface area contributed by atoms with Crippen molar-refractivity contribution in [1.29, 1.82) is 0 Å². The molecule has 2 rings (SSSR count). The summed E-state index contributed by atoms with van der Waals surface area (Å²) in [5, 5.41) is 9.30. The van der Waals surface area contributed by atoms with Crippen molar-refractivity contribution >= 4 is 0 Å². The molecule has 0 atom stereocenters. The Balaban J connectivity index is 2.06. The van der Waals surface area contributed by atoms with E-state index >= 15 is 0 Å². The second kappa shape index (κ2) is 4.21. The molecule has 1 N–H and O–H groups in total. The molecule has 1 aromatic carbocycles. The molecule has 15 heavy (non-hydrogen) atoms. The van der Waals surface area contributed by atoms with Crippen LogP contribution in [0.15, 0.2) is 24.3 Å². The Labute approximate surface area is 89.9 Å². The van der Waals surface area contributed by atoms with E-state index in [9.17, 15) is 9.50 Å². The van der Waals surface area contributed by atoms with Crippen molar-refractivity contribution in [1.82, 2.24) is 0 Å². The van der Waals surface area contributed by atoms with Gasteiger partial charge < -0.3 is 5.11 Å². The number of hydrogen-bond acceptors (Lipinski definition) is 1. The molecule has 0 saturated heterocycles.